The Bertz CT molecular complexity index is 504. The zero-order chi connectivity index (χ0) is 15.9. The maximum atomic E-state index is 4.66. The summed E-state index contributed by atoms with van der Waals surface area (Å²) in [6.45, 7) is 7.69. The van der Waals surface area contributed by atoms with Crippen LogP contribution in [0, 0.1) is 6.92 Å². The fourth-order valence-corrected chi connectivity index (χ4v) is 3.85. The van der Waals surface area contributed by atoms with Crippen molar-refractivity contribution in [3.05, 3.63) is 11.6 Å². The minimum atomic E-state index is 0. The molecule has 8 heteroatoms. The van der Waals surface area contributed by atoms with Crippen LogP contribution in [0.15, 0.2) is 4.99 Å². The predicted molar refractivity (Wildman–Crippen MR) is 109 cm³/mol. The molecule has 1 aliphatic rings. The Morgan fingerprint density at radius 1 is 1.35 bits per heavy atom. The highest BCUT2D eigenvalue weighted by Gasteiger charge is 2.25. The Balaban J connectivity index is 0.00000264. The third kappa shape index (κ3) is 6.13. The monoisotopic (exact) mass is 452 g/mol. The van der Waals surface area contributed by atoms with Crippen molar-refractivity contribution in [2.75, 3.05) is 12.3 Å². The predicted octanol–water partition coefficient (Wildman–Crippen LogP) is 2.47. The van der Waals surface area contributed by atoms with E-state index in [4.69, 9.17) is 0 Å². The summed E-state index contributed by atoms with van der Waals surface area (Å²) < 4.78 is 1.98. The molecule has 1 heterocycles. The highest BCUT2D eigenvalue weighted by molar-refractivity contribution is 14.0. The van der Waals surface area contributed by atoms with E-state index >= 15 is 0 Å². The normalized spacial score (nSPS) is 21.1. The lowest BCUT2D eigenvalue weighted by molar-refractivity contribution is 0.613. The van der Waals surface area contributed by atoms with Crippen molar-refractivity contribution in [2.24, 2.45) is 12.0 Å². The lowest BCUT2D eigenvalue weighted by atomic mass is 10.2. The van der Waals surface area contributed by atoms with Gasteiger partial charge < -0.3 is 15.2 Å². The van der Waals surface area contributed by atoms with Crippen LogP contribution in [0.25, 0.3) is 0 Å². The Labute approximate surface area is 160 Å². The number of guanidine groups is 1. The first kappa shape index (κ1) is 20.5. The van der Waals surface area contributed by atoms with E-state index in [1.807, 2.05) is 18.5 Å². The molecule has 6 nitrogen and oxygen atoms in total. The molecule has 1 fully saturated rings. The number of rotatable bonds is 6. The van der Waals surface area contributed by atoms with Crippen molar-refractivity contribution < 1.29 is 0 Å². The minimum absolute atomic E-state index is 0. The lowest BCUT2D eigenvalue weighted by Gasteiger charge is -2.17. The molecule has 0 bridgehead atoms. The van der Waals surface area contributed by atoms with Gasteiger partial charge in [0.15, 0.2) is 11.8 Å². The molecule has 2 rings (SSSR count). The van der Waals surface area contributed by atoms with Crippen LogP contribution in [0.1, 0.15) is 44.8 Å². The second-order valence-electron chi connectivity index (χ2n) is 5.65. The molecule has 0 amide bonds. The van der Waals surface area contributed by atoms with E-state index in [1.165, 1.54) is 25.0 Å². The van der Waals surface area contributed by atoms with Crippen molar-refractivity contribution in [3.8, 4) is 0 Å². The van der Waals surface area contributed by atoms with Gasteiger partial charge in [0.1, 0.15) is 12.4 Å². The van der Waals surface area contributed by atoms with Crippen LogP contribution < -0.4 is 10.6 Å². The smallest absolute Gasteiger partial charge is 0.191 e. The quantitative estimate of drug-likeness (QED) is 0.395. The van der Waals surface area contributed by atoms with Crippen molar-refractivity contribution >= 4 is 41.7 Å². The maximum absolute atomic E-state index is 4.66. The van der Waals surface area contributed by atoms with Crippen molar-refractivity contribution in [1.29, 1.82) is 0 Å². The van der Waals surface area contributed by atoms with Gasteiger partial charge in [-0.15, -0.1) is 34.2 Å². The van der Waals surface area contributed by atoms with E-state index in [9.17, 15) is 0 Å². The molecule has 0 saturated heterocycles. The van der Waals surface area contributed by atoms with Gasteiger partial charge in [0, 0.05) is 24.9 Å². The molecule has 0 aliphatic heterocycles. The third-order valence-corrected chi connectivity index (χ3v) is 5.27. The molecule has 2 atom stereocenters. The first-order valence-electron chi connectivity index (χ1n) is 8.15. The van der Waals surface area contributed by atoms with Gasteiger partial charge in [-0.25, -0.2) is 4.99 Å². The third-order valence-electron chi connectivity index (χ3n) is 4.03. The van der Waals surface area contributed by atoms with E-state index in [2.05, 4.69) is 51.4 Å². The summed E-state index contributed by atoms with van der Waals surface area (Å²) in [7, 11) is 1.98. The van der Waals surface area contributed by atoms with Crippen LogP contribution in [0.2, 0.25) is 0 Å². The number of nitrogens with zero attached hydrogens (tertiary/aromatic N) is 4. The van der Waals surface area contributed by atoms with E-state index < -0.39 is 0 Å². The molecule has 23 heavy (non-hydrogen) atoms. The molecule has 1 saturated carbocycles. The first-order valence-corrected chi connectivity index (χ1v) is 9.20. The molecular formula is C15H29IN6S. The number of halogens is 1. The van der Waals surface area contributed by atoms with Crippen LogP contribution in [-0.4, -0.2) is 44.3 Å². The number of hydrogen-bond acceptors (Lipinski definition) is 4. The van der Waals surface area contributed by atoms with E-state index in [0.717, 1.165) is 29.4 Å². The first-order chi connectivity index (χ1) is 10.6. The Kier molecular flexibility index (Phi) is 9.26. The van der Waals surface area contributed by atoms with Gasteiger partial charge in [-0.1, -0.05) is 6.92 Å². The number of aliphatic imine (C=N–C) groups is 1. The number of aromatic nitrogens is 3. The second-order valence-corrected chi connectivity index (χ2v) is 7.23. The van der Waals surface area contributed by atoms with E-state index in [1.54, 1.807) is 0 Å². The topological polar surface area (TPSA) is 67.1 Å². The van der Waals surface area contributed by atoms with E-state index in [0.29, 0.717) is 12.6 Å². The number of aryl methyl sites for hydroxylation is 1. The van der Waals surface area contributed by atoms with Crippen LogP contribution in [-0.2, 0) is 13.6 Å². The molecule has 1 aromatic heterocycles. The van der Waals surface area contributed by atoms with Crippen molar-refractivity contribution in [1.82, 2.24) is 25.4 Å². The zero-order valence-electron chi connectivity index (χ0n) is 14.5. The number of thioether (sulfide) groups is 1. The molecule has 132 valence electrons. The SMILES string of the molecule is CCNC(=NCc1nnc(C)n1C)NC1CCC(SCC)C1.I. The molecule has 2 N–H and O–H groups in total. The largest absolute Gasteiger partial charge is 0.357 e. The summed E-state index contributed by atoms with van der Waals surface area (Å²) in [6.07, 6.45) is 3.76. The summed E-state index contributed by atoms with van der Waals surface area (Å²) in [5.41, 5.74) is 0. The van der Waals surface area contributed by atoms with Crippen LogP contribution in [0.3, 0.4) is 0 Å². The number of hydrogen-bond donors (Lipinski definition) is 2. The lowest BCUT2D eigenvalue weighted by Crippen LogP contribution is -2.42. The Hall–Kier alpha value is -0.510. The molecule has 0 spiro atoms. The average molecular weight is 452 g/mol. The standard InChI is InChI=1S/C15H28N6S.HI/c1-5-16-15(17-10-14-20-19-11(3)21(14)4)18-12-7-8-13(9-12)22-6-2;/h12-13H,5-10H2,1-4H3,(H2,16,17,18);1H. The molecule has 0 radical (unpaired) electrons. The van der Waals surface area contributed by atoms with Crippen LogP contribution >= 0.6 is 35.7 Å². The van der Waals surface area contributed by atoms with Gasteiger partial charge in [-0.2, -0.15) is 11.8 Å². The fourth-order valence-electron chi connectivity index (χ4n) is 2.71. The van der Waals surface area contributed by atoms with Gasteiger partial charge in [0.2, 0.25) is 0 Å². The van der Waals surface area contributed by atoms with Crippen LogP contribution in [0.4, 0.5) is 0 Å². The number of nitrogens with one attached hydrogen (secondary N) is 2. The van der Waals surface area contributed by atoms with E-state index in [-0.39, 0.29) is 24.0 Å². The average Bonchev–Trinajstić information content (AvgIpc) is 3.06. The van der Waals surface area contributed by atoms with Gasteiger partial charge in [-0.05, 0) is 38.9 Å². The van der Waals surface area contributed by atoms with Gasteiger partial charge in [0.25, 0.3) is 0 Å². The van der Waals surface area contributed by atoms with Crippen molar-refractivity contribution in [2.45, 2.75) is 57.9 Å². The van der Waals surface area contributed by atoms with Crippen molar-refractivity contribution in [3.63, 3.8) is 0 Å². The highest BCUT2D eigenvalue weighted by Crippen LogP contribution is 2.29. The summed E-state index contributed by atoms with van der Waals surface area (Å²) >= 11 is 2.08. The fraction of sp³-hybridized carbons (Fsp3) is 0.800. The van der Waals surface area contributed by atoms with Gasteiger partial charge >= 0.3 is 0 Å². The minimum Gasteiger partial charge on any atom is -0.357 e. The summed E-state index contributed by atoms with van der Waals surface area (Å²) in [6, 6.07) is 0.531. The van der Waals surface area contributed by atoms with Gasteiger partial charge in [-0.3, -0.25) is 0 Å². The zero-order valence-corrected chi connectivity index (χ0v) is 17.6. The molecule has 1 aromatic rings. The second kappa shape index (κ2) is 10.4. The molecule has 2 unspecified atom stereocenters. The molecule has 0 aromatic carbocycles. The van der Waals surface area contributed by atoms with Crippen LogP contribution in [0.5, 0.6) is 0 Å². The molecular weight excluding hydrogens is 423 g/mol. The summed E-state index contributed by atoms with van der Waals surface area (Å²) in [4.78, 5) is 4.66. The molecule has 1 aliphatic carbocycles. The Morgan fingerprint density at radius 3 is 2.74 bits per heavy atom. The summed E-state index contributed by atoms with van der Waals surface area (Å²) in [5.74, 6) is 3.89. The Morgan fingerprint density at radius 2 is 2.13 bits per heavy atom. The summed E-state index contributed by atoms with van der Waals surface area (Å²) in [5, 5.41) is 15.9. The maximum Gasteiger partial charge on any atom is 0.191 e. The highest BCUT2D eigenvalue weighted by atomic mass is 127. The van der Waals surface area contributed by atoms with Gasteiger partial charge in [0.05, 0.1) is 0 Å².